The molecule has 0 radical (unpaired) electrons. The monoisotopic (exact) mass is 438 g/mol. The van der Waals surface area contributed by atoms with E-state index >= 15 is 0 Å². The van der Waals surface area contributed by atoms with Crippen LogP contribution in [0.2, 0.25) is 0 Å². The molecule has 2 aromatic carbocycles. The molecule has 7 nitrogen and oxygen atoms in total. The number of aromatic hydroxyl groups is 1. The Labute approximate surface area is 188 Å². The molecule has 1 saturated heterocycles. The van der Waals surface area contributed by atoms with Crippen LogP contribution in [0.25, 0.3) is 5.76 Å². The molecule has 3 rings (SSSR count). The maximum Gasteiger partial charge on any atom is 0.295 e. The highest BCUT2D eigenvalue weighted by atomic mass is 16.5. The van der Waals surface area contributed by atoms with E-state index in [4.69, 9.17) is 4.74 Å². The van der Waals surface area contributed by atoms with Crippen molar-refractivity contribution in [1.82, 2.24) is 9.80 Å². The predicted octanol–water partition coefficient (Wildman–Crippen LogP) is 3.39. The molecule has 170 valence electrons. The van der Waals surface area contributed by atoms with Gasteiger partial charge in [0.15, 0.2) is 0 Å². The second kappa shape index (κ2) is 9.44. The first-order chi connectivity index (χ1) is 15.1. The van der Waals surface area contributed by atoms with Crippen molar-refractivity contribution in [3.8, 4) is 11.5 Å². The Morgan fingerprint density at radius 3 is 2.34 bits per heavy atom. The number of aryl methyl sites for hydroxylation is 2. The minimum absolute atomic E-state index is 0.0539. The number of phenols is 1. The number of benzene rings is 2. The summed E-state index contributed by atoms with van der Waals surface area (Å²) in [5, 5.41) is 21.0. The average Bonchev–Trinajstić information content (AvgIpc) is 3.00. The van der Waals surface area contributed by atoms with Crippen LogP contribution in [0.4, 0.5) is 0 Å². The lowest BCUT2D eigenvalue weighted by atomic mass is 9.93. The van der Waals surface area contributed by atoms with Crippen molar-refractivity contribution in [3.63, 3.8) is 0 Å². The van der Waals surface area contributed by atoms with Crippen molar-refractivity contribution in [3.05, 3.63) is 64.2 Å². The molecule has 0 aliphatic carbocycles. The van der Waals surface area contributed by atoms with Gasteiger partial charge in [-0.25, -0.2) is 0 Å². The number of aliphatic hydroxyl groups is 1. The molecule has 1 aliphatic rings. The van der Waals surface area contributed by atoms with Crippen LogP contribution in [-0.4, -0.2) is 66.0 Å². The van der Waals surface area contributed by atoms with Crippen molar-refractivity contribution in [2.75, 3.05) is 34.3 Å². The molecule has 1 unspecified atom stereocenters. The molecule has 1 heterocycles. The predicted molar refractivity (Wildman–Crippen MR) is 123 cm³/mol. The largest absolute Gasteiger partial charge is 0.508 e. The Kier molecular flexibility index (Phi) is 6.89. The molecular weight excluding hydrogens is 408 g/mol. The fourth-order valence-electron chi connectivity index (χ4n) is 4.08. The van der Waals surface area contributed by atoms with E-state index in [1.807, 2.05) is 32.8 Å². The van der Waals surface area contributed by atoms with Gasteiger partial charge in [-0.2, -0.15) is 0 Å². The zero-order valence-corrected chi connectivity index (χ0v) is 19.2. The zero-order valence-electron chi connectivity index (χ0n) is 19.2. The van der Waals surface area contributed by atoms with Crippen LogP contribution in [0.3, 0.4) is 0 Å². The molecule has 1 atom stereocenters. The molecule has 1 fully saturated rings. The summed E-state index contributed by atoms with van der Waals surface area (Å²) in [6.07, 6.45) is 0.676. The molecule has 1 aliphatic heterocycles. The fraction of sp³-hybridized carbons (Fsp3) is 0.360. The summed E-state index contributed by atoms with van der Waals surface area (Å²) in [6.45, 7) is 4.79. The summed E-state index contributed by atoms with van der Waals surface area (Å²) in [4.78, 5) is 29.6. The van der Waals surface area contributed by atoms with E-state index < -0.39 is 17.7 Å². The Bertz CT molecular complexity index is 1060. The minimum Gasteiger partial charge on any atom is -0.508 e. The average molecular weight is 439 g/mol. The number of hydrogen-bond donors (Lipinski definition) is 2. The highest BCUT2D eigenvalue weighted by Gasteiger charge is 2.45. The SMILES string of the molecule is COc1cc(C)c(/C(O)=C2\C(=O)C(=O)N(CCCN(C)C)C2c2ccc(O)cc2)cc1C. The zero-order chi connectivity index (χ0) is 23.6. The smallest absolute Gasteiger partial charge is 0.295 e. The van der Waals surface area contributed by atoms with Crippen LogP contribution in [0.15, 0.2) is 42.0 Å². The number of nitrogens with zero attached hydrogens (tertiary/aromatic N) is 2. The fourth-order valence-corrected chi connectivity index (χ4v) is 4.08. The standard InChI is InChI=1S/C25H30N2O5/c1-15-14-20(32-5)16(2)13-19(15)23(29)21-22(17-7-9-18(28)10-8-17)27(25(31)24(21)30)12-6-11-26(3)4/h7-10,13-14,22,28-29H,6,11-12H2,1-5H3/b23-21+. The molecule has 2 N–H and O–H groups in total. The Morgan fingerprint density at radius 2 is 1.75 bits per heavy atom. The number of carbonyl (C=O) groups excluding carboxylic acids is 2. The lowest BCUT2D eigenvalue weighted by molar-refractivity contribution is -0.139. The normalized spacial score (nSPS) is 17.9. The van der Waals surface area contributed by atoms with Gasteiger partial charge in [0.2, 0.25) is 0 Å². The Balaban J connectivity index is 2.15. The third kappa shape index (κ3) is 4.48. The van der Waals surface area contributed by atoms with Gasteiger partial charge in [0, 0.05) is 12.1 Å². The van der Waals surface area contributed by atoms with Crippen LogP contribution >= 0.6 is 0 Å². The van der Waals surface area contributed by atoms with Crippen LogP contribution in [0.1, 0.15) is 34.7 Å². The van der Waals surface area contributed by atoms with E-state index in [-0.39, 0.29) is 17.1 Å². The number of likely N-dealkylation sites (tertiary alicyclic amines) is 1. The van der Waals surface area contributed by atoms with E-state index in [9.17, 15) is 19.8 Å². The summed E-state index contributed by atoms with van der Waals surface area (Å²) in [5.74, 6) is -0.789. The van der Waals surface area contributed by atoms with Gasteiger partial charge in [0.1, 0.15) is 17.3 Å². The van der Waals surface area contributed by atoms with Crippen molar-refractivity contribution < 1.29 is 24.5 Å². The van der Waals surface area contributed by atoms with Gasteiger partial charge in [0.25, 0.3) is 11.7 Å². The Hall–Kier alpha value is -3.32. The van der Waals surface area contributed by atoms with Crippen molar-refractivity contribution in [1.29, 1.82) is 0 Å². The van der Waals surface area contributed by atoms with Crippen molar-refractivity contribution in [2.24, 2.45) is 0 Å². The first-order valence-corrected chi connectivity index (χ1v) is 10.5. The lowest BCUT2D eigenvalue weighted by Gasteiger charge is -2.26. The van der Waals surface area contributed by atoms with Gasteiger partial charge in [-0.05, 0) is 81.9 Å². The number of hydrogen-bond acceptors (Lipinski definition) is 6. The van der Waals surface area contributed by atoms with Crippen LogP contribution in [0.5, 0.6) is 11.5 Å². The maximum absolute atomic E-state index is 13.1. The third-order valence-corrected chi connectivity index (χ3v) is 5.75. The third-order valence-electron chi connectivity index (χ3n) is 5.75. The molecular formula is C25H30N2O5. The summed E-state index contributed by atoms with van der Waals surface area (Å²) >= 11 is 0. The molecule has 1 amide bonds. The first-order valence-electron chi connectivity index (χ1n) is 10.5. The highest BCUT2D eigenvalue weighted by Crippen LogP contribution is 2.41. The topological polar surface area (TPSA) is 90.3 Å². The molecule has 2 aromatic rings. The number of methoxy groups -OCH3 is 1. The molecule has 0 saturated carbocycles. The van der Waals surface area contributed by atoms with Crippen molar-refractivity contribution in [2.45, 2.75) is 26.3 Å². The van der Waals surface area contributed by atoms with Gasteiger partial charge in [-0.1, -0.05) is 12.1 Å². The summed E-state index contributed by atoms with van der Waals surface area (Å²) < 4.78 is 5.35. The summed E-state index contributed by atoms with van der Waals surface area (Å²) in [5.41, 5.74) is 2.72. The number of ketones is 1. The van der Waals surface area contributed by atoms with Crippen LogP contribution in [0, 0.1) is 13.8 Å². The van der Waals surface area contributed by atoms with Gasteiger partial charge < -0.3 is 24.7 Å². The van der Waals surface area contributed by atoms with E-state index in [0.29, 0.717) is 29.8 Å². The van der Waals surface area contributed by atoms with Gasteiger partial charge in [-0.15, -0.1) is 0 Å². The molecule has 0 spiro atoms. The molecule has 0 bridgehead atoms. The maximum atomic E-state index is 13.1. The summed E-state index contributed by atoms with van der Waals surface area (Å²) in [7, 11) is 5.46. The highest BCUT2D eigenvalue weighted by molar-refractivity contribution is 6.46. The first kappa shape index (κ1) is 23.3. The second-order valence-corrected chi connectivity index (χ2v) is 8.38. The number of aliphatic hydroxyl groups excluding tert-OH is 1. The van der Waals surface area contributed by atoms with E-state index in [1.165, 1.54) is 17.0 Å². The number of phenolic OH excluding ortho intramolecular Hbond substituents is 1. The number of ether oxygens (including phenoxy) is 1. The molecule has 0 aromatic heterocycles. The molecule has 32 heavy (non-hydrogen) atoms. The van der Waals surface area contributed by atoms with E-state index in [0.717, 1.165) is 17.7 Å². The van der Waals surface area contributed by atoms with Crippen LogP contribution < -0.4 is 4.74 Å². The number of carbonyl (C=O) groups is 2. The Morgan fingerprint density at radius 1 is 1.09 bits per heavy atom. The van der Waals surface area contributed by atoms with Crippen LogP contribution in [-0.2, 0) is 9.59 Å². The van der Waals surface area contributed by atoms with Gasteiger partial charge in [-0.3, -0.25) is 9.59 Å². The van der Waals surface area contributed by atoms with Crippen molar-refractivity contribution >= 4 is 17.4 Å². The van der Waals surface area contributed by atoms with E-state index in [1.54, 1.807) is 31.4 Å². The van der Waals surface area contributed by atoms with E-state index in [2.05, 4.69) is 0 Å². The quantitative estimate of drug-likeness (QED) is 0.391. The number of amides is 1. The second-order valence-electron chi connectivity index (χ2n) is 8.38. The number of rotatable bonds is 7. The summed E-state index contributed by atoms with van der Waals surface area (Å²) in [6, 6.07) is 9.19. The van der Waals surface area contributed by atoms with Gasteiger partial charge >= 0.3 is 0 Å². The molecule has 7 heteroatoms. The number of Topliss-reactive ketones (excluding diaryl/α,β-unsaturated/α-hetero) is 1. The lowest BCUT2D eigenvalue weighted by Crippen LogP contribution is -2.32. The minimum atomic E-state index is -0.737. The van der Waals surface area contributed by atoms with Gasteiger partial charge in [0.05, 0.1) is 18.7 Å².